The van der Waals surface area contributed by atoms with Crippen LogP contribution in [0.5, 0.6) is 11.5 Å². The summed E-state index contributed by atoms with van der Waals surface area (Å²) in [5.74, 6) is -2.02. The molecule has 11 heteroatoms. The second kappa shape index (κ2) is 8.54. The first kappa shape index (κ1) is 20.2. The summed E-state index contributed by atoms with van der Waals surface area (Å²) in [5, 5.41) is 20.6. The molecule has 144 valence electrons. The molecule has 0 spiro atoms. The molecule has 0 bridgehead atoms. The number of phenolic OH excluding ortho intramolecular Hbond substituents is 1. The van der Waals surface area contributed by atoms with Crippen LogP contribution in [0.2, 0.25) is 0 Å². The highest BCUT2D eigenvalue weighted by Gasteiger charge is 2.37. The molecule has 0 atom stereocenters. The van der Waals surface area contributed by atoms with Gasteiger partial charge in [-0.3, -0.25) is 29.4 Å². The van der Waals surface area contributed by atoms with Crippen molar-refractivity contribution < 1.29 is 33.9 Å². The fraction of sp³-hybridized carbons (Fsp3) is 0.312. The van der Waals surface area contributed by atoms with Crippen LogP contribution in [0.4, 0.5) is 10.5 Å². The molecule has 1 aromatic carbocycles. The number of rotatable bonds is 7. The van der Waals surface area contributed by atoms with E-state index >= 15 is 0 Å². The molecular weight excluding hydrogens is 380 g/mol. The number of carbonyl (C=O) groups excluding carboxylic acids is 3. The van der Waals surface area contributed by atoms with Gasteiger partial charge in [-0.1, -0.05) is 0 Å². The molecule has 0 saturated carbocycles. The van der Waals surface area contributed by atoms with Gasteiger partial charge in [0, 0.05) is 11.6 Å². The number of amides is 2. The zero-order valence-electron chi connectivity index (χ0n) is 14.5. The molecule has 2 rings (SSSR count). The van der Waals surface area contributed by atoms with Crippen molar-refractivity contribution in [2.24, 2.45) is 0 Å². The van der Waals surface area contributed by atoms with Gasteiger partial charge < -0.3 is 14.6 Å². The Hall–Kier alpha value is -3.08. The fourth-order valence-corrected chi connectivity index (χ4v) is 3.04. The van der Waals surface area contributed by atoms with Gasteiger partial charge in [-0.05, 0) is 31.7 Å². The number of benzene rings is 1. The Morgan fingerprint density at radius 2 is 2.04 bits per heavy atom. The van der Waals surface area contributed by atoms with E-state index in [2.05, 4.69) is 0 Å². The standard InChI is InChI=1S/C16H16N2O8S/c1-3-25-11-7-10(18(23)24)5-9(14(11)20)6-12-15(21)17(16(22)27-12)8-13(19)26-4-2/h5-7,20H,3-4,8H2,1-2H3/b12-6-. The first-order chi connectivity index (χ1) is 12.8. The summed E-state index contributed by atoms with van der Waals surface area (Å²) >= 11 is 0.548. The molecule has 10 nitrogen and oxygen atoms in total. The van der Waals surface area contributed by atoms with Crippen LogP contribution in [0.15, 0.2) is 17.0 Å². The first-order valence-corrected chi connectivity index (χ1v) is 8.65. The highest BCUT2D eigenvalue weighted by molar-refractivity contribution is 8.18. The number of aromatic hydroxyl groups is 1. The number of nitro groups is 1. The third-order valence-electron chi connectivity index (χ3n) is 3.35. The molecule has 0 aromatic heterocycles. The van der Waals surface area contributed by atoms with E-state index in [9.17, 15) is 29.6 Å². The first-order valence-electron chi connectivity index (χ1n) is 7.83. The smallest absolute Gasteiger partial charge is 0.326 e. The van der Waals surface area contributed by atoms with Gasteiger partial charge in [0.2, 0.25) is 0 Å². The largest absolute Gasteiger partial charge is 0.504 e. The zero-order chi connectivity index (χ0) is 20.1. The van der Waals surface area contributed by atoms with Crippen LogP contribution < -0.4 is 4.74 Å². The summed E-state index contributed by atoms with van der Waals surface area (Å²) in [5.41, 5.74) is -0.414. The van der Waals surface area contributed by atoms with Crippen LogP contribution >= 0.6 is 11.8 Å². The third-order valence-corrected chi connectivity index (χ3v) is 4.26. The van der Waals surface area contributed by atoms with Crippen molar-refractivity contribution in [3.8, 4) is 11.5 Å². The molecule has 0 radical (unpaired) electrons. The van der Waals surface area contributed by atoms with Crippen molar-refractivity contribution in [3.63, 3.8) is 0 Å². The molecule has 1 heterocycles. The Bertz CT molecular complexity index is 836. The van der Waals surface area contributed by atoms with E-state index in [4.69, 9.17) is 9.47 Å². The maximum absolute atomic E-state index is 12.4. The van der Waals surface area contributed by atoms with Gasteiger partial charge in [0.05, 0.1) is 29.1 Å². The molecule has 1 aromatic rings. The lowest BCUT2D eigenvalue weighted by Crippen LogP contribution is -2.34. The van der Waals surface area contributed by atoms with Gasteiger partial charge in [0.1, 0.15) is 6.54 Å². The molecule has 0 unspecified atom stereocenters. The average Bonchev–Trinajstić information content (AvgIpc) is 2.86. The Morgan fingerprint density at radius 3 is 2.63 bits per heavy atom. The number of nitro benzene ring substituents is 1. The zero-order valence-corrected chi connectivity index (χ0v) is 15.3. The van der Waals surface area contributed by atoms with Gasteiger partial charge in [-0.15, -0.1) is 0 Å². The van der Waals surface area contributed by atoms with Crippen molar-refractivity contribution in [2.45, 2.75) is 13.8 Å². The number of non-ortho nitro benzene ring substituents is 1. The van der Waals surface area contributed by atoms with E-state index < -0.39 is 34.3 Å². The number of nitrogens with zero attached hydrogens (tertiary/aromatic N) is 2. The van der Waals surface area contributed by atoms with Crippen LogP contribution in [0.3, 0.4) is 0 Å². The second-order valence-electron chi connectivity index (χ2n) is 5.14. The molecule has 1 aliphatic heterocycles. The second-order valence-corrected chi connectivity index (χ2v) is 6.14. The summed E-state index contributed by atoms with van der Waals surface area (Å²) in [6, 6.07) is 2.11. The summed E-state index contributed by atoms with van der Waals surface area (Å²) in [6.45, 7) is 2.95. The molecule has 0 aliphatic carbocycles. The highest BCUT2D eigenvalue weighted by atomic mass is 32.2. The lowest BCUT2D eigenvalue weighted by molar-refractivity contribution is -0.385. The Labute approximate surface area is 157 Å². The van der Waals surface area contributed by atoms with Crippen LogP contribution in [-0.2, 0) is 14.3 Å². The molecule has 1 saturated heterocycles. The molecule has 1 fully saturated rings. The van der Waals surface area contributed by atoms with Gasteiger partial charge in [-0.25, -0.2) is 0 Å². The SMILES string of the molecule is CCOC(=O)CN1C(=O)S/C(=C\c2cc([N+](=O)[O-])cc(OCC)c2O)C1=O. The van der Waals surface area contributed by atoms with Crippen LogP contribution in [0.25, 0.3) is 6.08 Å². The highest BCUT2D eigenvalue weighted by Crippen LogP contribution is 2.39. The van der Waals surface area contributed by atoms with E-state index in [0.29, 0.717) is 16.7 Å². The van der Waals surface area contributed by atoms with E-state index in [-0.39, 0.29) is 35.1 Å². The monoisotopic (exact) mass is 396 g/mol. The Morgan fingerprint density at radius 1 is 1.33 bits per heavy atom. The quantitative estimate of drug-likeness (QED) is 0.318. The maximum Gasteiger partial charge on any atom is 0.326 e. The summed E-state index contributed by atoms with van der Waals surface area (Å²) in [4.78, 5) is 46.9. The summed E-state index contributed by atoms with van der Waals surface area (Å²) < 4.78 is 9.88. The number of thioether (sulfide) groups is 1. The third kappa shape index (κ3) is 4.56. The Kier molecular flexibility index (Phi) is 6.40. The molecule has 2 amide bonds. The lowest BCUT2D eigenvalue weighted by Gasteiger charge is -2.11. The van der Waals surface area contributed by atoms with Crippen LogP contribution in [-0.4, -0.2) is 51.8 Å². The van der Waals surface area contributed by atoms with E-state index in [1.165, 1.54) is 0 Å². The normalized spacial score (nSPS) is 15.3. The van der Waals surface area contributed by atoms with Crippen LogP contribution in [0.1, 0.15) is 19.4 Å². The lowest BCUT2D eigenvalue weighted by atomic mass is 10.1. The molecule has 27 heavy (non-hydrogen) atoms. The average molecular weight is 396 g/mol. The van der Waals surface area contributed by atoms with Gasteiger partial charge in [-0.2, -0.15) is 0 Å². The van der Waals surface area contributed by atoms with Crippen LogP contribution in [0, 0.1) is 10.1 Å². The summed E-state index contributed by atoms with van der Waals surface area (Å²) in [6.07, 6.45) is 1.14. The van der Waals surface area contributed by atoms with Gasteiger partial charge in [0.15, 0.2) is 11.5 Å². The Balaban J connectivity index is 2.38. The number of esters is 1. The molecular formula is C16H16N2O8S. The van der Waals surface area contributed by atoms with Crippen molar-refractivity contribution in [2.75, 3.05) is 19.8 Å². The number of phenols is 1. The molecule has 1 N–H and O–H groups in total. The number of ether oxygens (including phenoxy) is 2. The van der Waals surface area contributed by atoms with Gasteiger partial charge >= 0.3 is 5.97 Å². The minimum absolute atomic E-state index is 0.0608. The number of hydrogen-bond donors (Lipinski definition) is 1. The van der Waals surface area contributed by atoms with Gasteiger partial charge in [0.25, 0.3) is 16.8 Å². The predicted octanol–water partition coefficient (Wildman–Crippen LogP) is 2.30. The fourth-order valence-electron chi connectivity index (χ4n) is 2.21. The van der Waals surface area contributed by atoms with E-state index in [0.717, 1.165) is 18.2 Å². The summed E-state index contributed by atoms with van der Waals surface area (Å²) in [7, 11) is 0. The number of carbonyl (C=O) groups is 3. The van der Waals surface area contributed by atoms with Crippen molar-refractivity contribution >= 4 is 40.6 Å². The van der Waals surface area contributed by atoms with Crippen molar-refractivity contribution in [3.05, 3.63) is 32.7 Å². The maximum atomic E-state index is 12.4. The topological polar surface area (TPSA) is 136 Å². The number of hydrogen-bond acceptors (Lipinski definition) is 9. The minimum atomic E-state index is -0.762. The van der Waals surface area contributed by atoms with Crippen molar-refractivity contribution in [1.29, 1.82) is 0 Å². The number of imide groups is 1. The van der Waals surface area contributed by atoms with Crippen molar-refractivity contribution in [1.82, 2.24) is 4.90 Å². The predicted molar refractivity (Wildman–Crippen MR) is 95.2 cm³/mol. The minimum Gasteiger partial charge on any atom is -0.504 e. The van der Waals surface area contributed by atoms with E-state index in [1.54, 1.807) is 13.8 Å². The van der Waals surface area contributed by atoms with E-state index in [1.807, 2.05) is 0 Å². The molecule has 1 aliphatic rings.